The third-order valence-corrected chi connectivity index (χ3v) is 5.74. The van der Waals surface area contributed by atoms with E-state index in [4.69, 9.17) is 4.74 Å². The van der Waals surface area contributed by atoms with Crippen molar-refractivity contribution in [1.29, 1.82) is 0 Å². The molecule has 0 aliphatic carbocycles. The molecule has 2 aromatic heterocycles. The van der Waals surface area contributed by atoms with Crippen LogP contribution in [0.5, 0.6) is 11.5 Å². The SMILES string of the molecule is O=C1c2c(O)c(=O)ccn2N2CN1CCCCOc1cnccc1[C@@H]2c1ccccc1. The van der Waals surface area contributed by atoms with Gasteiger partial charge in [-0.25, -0.2) is 0 Å². The van der Waals surface area contributed by atoms with E-state index in [0.717, 1.165) is 24.0 Å². The zero-order chi connectivity index (χ0) is 21.4. The molecule has 0 saturated heterocycles. The number of rotatable bonds is 1. The Morgan fingerprint density at radius 3 is 2.74 bits per heavy atom. The fourth-order valence-corrected chi connectivity index (χ4v) is 4.24. The second-order valence-corrected chi connectivity index (χ2v) is 7.65. The Hall–Kier alpha value is -3.81. The van der Waals surface area contributed by atoms with Crippen LogP contribution in [-0.4, -0.2) is 45.4 Å². The number of carbonyl (C=O) groups excluding carboxylic acids is 1. The maximum absolute atomic E-state index is 13.2. The summed E-state index contributed by atoms with van der Waals surface area (Å²) in [4.78, 5) is 31.3. The molecule has 0 fully saturated rings. The van der Waals surface area contributed by atoms with Gasteiger partial charge in [-0.2, -0.15) is 0 Å². The second kappa shape index (κ2) is 7.79. The highest BCUT2D eigenvalue weighted by atomic mass is 16.5. The van der Waals surface area contributed by atoms with E-state index in [-0.39, 0.29) is 17.6 Å². The van der Waals surface area contributed by atoms with Crippen LogP contribution in [0.25, 0.3) is 0 Å². The molecule has 2 bridgehead atoms. The Bertz CT molecular complexity index is 1180. The molecule has 1 N–H and O–H groups in total. The number of benzene rings is 1. The van der Waals surface area contributed by atoms with Gasteiger partial charge in [-0.3, -0.25) is 24.3 Å². The summed E-state index contributed by atoms with van der Waals surface area (Å²) in [6.07, 6.45) is 6.48. The van der Waals surface area contributed by atoms with Crippen LogP contribution in [0.4, 0.5) is 0 Å². The lowest BCUT2D eigenvalue weighted by Gasteiger charge is -2.44. The Morgan fingerprint density at radius 1 is 1.06 bits per heavy atom. The maximum atomic E-state index is 13.2. The summed E-state index contributed by atoms with van der Waals surface area (Å²) >= 11 is 0. The normalized spacial score (nSPS) is 18.5. The van der Waals surface area contributed by atoms with Gasteiger partial charge in [0.05, 0.1) is 12.8 Å². The fourth-order valence-electron chi connectivity index (χ4n) is 4.24. The van der Waals surface area contributed by atoms with E-state index in [2.05, 4.69) is 4.98 Å². The number of hydrogen-bond acceptors (Lipinski definition) is 6. The molecular formula is C23H22N4O4. The van der Waals surface area contributed by atoms with Gasteiger partial charge in [0.1, 0.15) is 18.5 Å². The molecule has 1 aromatic carbocycles. The summed E-state index contributed by atoms with van der Waals surface area (Å²) in [5.74, 6) is -0.211. The number of pyridine rings is 2. The lowest BCUT2D eigenvalue weighted by atomic mass is 9.98. The Labute approximate surface area is 178 Å². The first-order valence-corrected chi connectivity index (χ1v) is 10.3. The van der Waals surface area contributed by atoms with Crippen molar-refractivity contribution in [1.82, 2.24) is 14.6 Å². The molecule has 4 heterocycles. The highest BCUT2D eigenvalue weighted by Gasteiger charge is 2.37. The molecule has 0 radical (unpaired) electrons. The summed E-state index contributed by atoms with van der Waals surface area (Å²) in [5, 5.41) is 12.5. The van der Waals surface area contributed by atoms with Crippen LogP contribution in [-0.2, 0) is 0 Å². The molecule has 1 amide bonds. The standard InChI is InChI=1S/C23H22N4O4/c28-18-9-12-26-21(22(18)29)23(30)25-11-4-5-13-31-19-14-24-10-8-17(19)20(27(26)15-25)16-6-2-1-3-7-16/h1-3,6-10,12,14,20,29H,4-5,11,13,15H2/t20-/m0/s1. The van der Waals surface area contributed by atoms with Crippen LogP contribution in [0.1, 0.15) is 40.5 Å². The van der Waals surface area contributed by atoms with Gasteiger partial charge in [0.25, 0.3) is 5.91 Å². The highest BCUT2D eigenvalue weighted by Crippen LogP contribution is 2.36. The van der Waals surface area contributed by atoms with Crippen LogP contribution < -0.4 is 15.2 Å². The monoisotopic (exact) mass is 418 g/mol. The lowest BCUT2D eigenvalue weighted by molar-refractivity contribution is 0.0676. The summed E-state index contributed by atoms with van der Waals surface area (Å²) in [7, 11) is 0. The number of ether oxygens (including phenoxy) is 1. The molecule has 2 aliphatic heterocycles. The van der Waals surface area contributed by atoms with Crippen molar-refractivity contribution in [2.24, 2.45) is 0 Å². The quantitative estimate of drug-likeness (QED) is 0.652. The van der Waals surface area contributed by atoms with Crippen molar-refractivity contribution < 1.29 is 14.6 Å². The average molecular weight is 418 g/mol. The molecule has 3 aromatic rings. The van der Waals surface area contributed by atoms with E-state index < -0.39 is 11.2 Å². The molecule has 1 atom stereocenters. The predicted octanol–water partition coefficient (Wildman–Crippen LogP) is 2.26. The molecule has 0 unspecified atom stereocenters. The zero-order valence-electron chi connectivity index (χ0n) is 16.8. The number of aromatic nitrogens is 2. The molecule has 31 heavy (non-hydrogen) atoms. The minimum Gasteiger partial charge on any atom is -0.502 e. The van der Waals surface area contributed by atoms with E-state index in [9.17, 15) is 14.7 Å². The van der Waals surface area contributed by atoms with Crippen LogP contribution in [0.3, 0.4) is 0 Å². The summed E-state index contributed by atoms with van der Waals surface area (Å²) in [6, 6.07) is 12.7. The smallest absolute Gasteiger partial charge is 0.277 e. The number of nitrogens with zero attached hydrogens (tertiary/aromatic N) is 4. The molecule has 2 aliphatic rings. The Kier molecular flexibility index (Phi) is 4.82. The zero-order valence-corrected chi connectivity index (χ0v) is 16.8. The van der Waals surface area contributed by atoms with Gasteiger partial charge in [-0.1, -0.05) is 30.3 Å². The van der Waals surface area contributed by atoms with E-state index in [1.807, 2.05) is 41.4 Å². The third kappa shape index (κ3) is 3.30. The highest BCUT2D eigenvalue weighted by molar-refractivity contribution is 5.96. The molecule has 5 rings (SSSR count). The molecule has 8 nitrogen and oxygen atoms in total. The van der Waals surface area contributed by atoms with Gasteiger partial charge in [0.2, 0.25) is 5.43 Å². The van der Waals surface area contributed by atoms with E-state index in [0.29, 0.717) is 25.6 Å². The van der Waals surface area contributed by atoms with Gasteiger partial charge in [0.15, 0.2) is 11.4 Å². The van der Waals surface area contributed by atoms with Crippen LogP contribution >= 0.6 is 0 Å². The number of fused-ring (bicyclic) bond motifs is 5. The number of carbonyl (C=O) groups is 1. The van der Waals surface area contributed by atoms with E-state index in [1.165, 1.54) is 6.07 Å². The van der Waals surface area contributed by atoms with Crippen LogP contribution in [0.15, 0.2) is 65.8 Å². The molecule has 158 valence electrons. The van der Waals surface area contributed by atoms with Gasteiger partial charge < -0.3 is 14.7 Å². The minimum absolute atomic E-state index is 0.0181. The summed E-state index contributed by atoms with van der Waals surface area (Å²) < 4.78 is 7.67. The minimum atomic E-state index is -0.574. The second-order valence-electron chi connectivity index (χ2n) is 7.65. The summed E-state index contributed by atoms with van der Waals surface area (Å²) in [6.45, 7) is 1.31. The fraction of sp³-hybridized carbons (Fsp3) is 0.261. The summed E-state index contributed by atoms with van der Waals surface area (Å²) in [5.41, 5.74) is 1.28. The van der Waals surface area contributed by atoms with Crippen molar-refractivity contribution in [3.05, 3.63) is 88.1 Å². The van der Waals surface area contributed by atoms with Crippen LogP contribution in [0, 0.1) is 0 Å². The maximum Gasteiger partial charge on any atom is 0.277 e. The van der Waals surface area contributed by atoms with Gasteiger partial charge in [-0.05, 0) is 24.5 Å². The van der Waals surface area contributed by atoms with Crippen molar-refractivity contribution >= 4 is 5.91 Å². The predicted molar refractivity (Wildman–Crippen MR) is 114 cm³/mol. The lowest BCUT2D eigenvalue weighted by Crippen LogP contribution is -2.55. The number of amides is 1. The Balaban J connectivity index is 1.78. The molecule has 8 heteroatoms. The topological polar surface area (TPSA) is 87.9 Å². The number of aromatic hydroxyl groups is 1. The van der Waals surface area contributed by atoms with Crippen LogP contribution in [0.2, 0.25) is 0 Å². The molecule has 0 spiro atoms. The first kappa shape index (κ1) is 19.2. The van der Waals surface area contributed by atoms with Crippen molar-refractivity contribution in [2.75, 3.05) is 24.8 Å². The van der Waals surface area contributed by atoms with Gasteiger partial charge in [0, 0.05) is 30.6 Å². The number of hydrogen-bond donors (Lipinski definition) is 1. The largest absolute Gasteiger partial charge is 0.502 e. The Morgan fingerprint density at radius 2 is 1.90 bits per heavy atom. The van der Waals surface area contributed by atoms with E-state index in [1.54, 1.807) is 28.2 Å². The molecular weight excluding hydrogens is 396 g/mol. The molecule has 0 saturated carbocycles. The van der Waals surface area contributed by atoms with Gasteiger partial charge >= 0.3 is 0 Å². The van der Waals surface area contributed by atoms with Crippen molar-refractivity contribution in [3.8, 4) is 11.5 Å². The average Bonchev–Trinajstić information content (AvgIpc) is 2.82. The third-order valence-electron chi connectivity index (χ3n) is 5.74. The van der Waals surface area contributed by atoms with E-state index >= 15 is 0 Å². The first-order chi connectivity index (χ1) is 15.1. The van der Waals surface area contributed by atoms with Crippen molar-refractivity contribution in [3.63, 3.8) is 0 Å². The first-order valence-electron chi connectivity index (χ1n) is 10.3. The van der Waals surface area contributed by atoms with Crippen molar-refractivity contribution in [2.45, 2.75) is 18.9 Å². The van der Waals surface area contributed by atoms with Gasteiger partial charge in [-0.15, -0.1) is 0 Å².